The zero-order valence-corrected chi connectivity index (χ0v) is 9.88. The molecule has 0 radical (unpaired) electrons. The Morgan fingerprint density at radius 1 is 1.07 bits per heavy atom. The Balaban J connectivity index is 2.59. The van der Waals surface area contributed by atoms with Crippen LogP contribution in [0.5, 0.6) is 0 Å². The van der Waals surface area contributed by atoms with Gasteiger partial charge in [-0.3, -0.25) is 0 Å². The van der Waals surface area contributed by atoms with Crippen LogP contribution >= 0.6 is 15.9 Å². The topological polar surface area (TPSA) is 0 Å². The SMILES string of the molecule is Cc1cc(Br)c(F)cc1-c1ccccc1. The van der Waals surface area contributed by atoms with Gasteiger partial charge in [0.15, 0.2) is 0 Å². The smallest absolute Gasteiger partial charge is 0.138 e. The summed E-state index contributed by atoms with van der Waals surface area (Å²) in [6.45, 7) is 1.98. The molecule has 0 amide bonds. The maximum Gasteiger partial charge on any atom is 0.138 e. The normalized spacial score (nSPS) is 10.3. The van der Waals surface area contributed by atoms with Gasteiger partial charge in [-0.15, -0.1) is 0 Å². The van der Waals surface area contributed by atoms with Gasteiger partial charge >= 0.3 is 0 Å². The molecule has 0 atom stereocenters. The predicted octanol–water partition coefficient (Wildman–Crippen LogP) is 4.56. The summed E-state index contributed by atoms with van der Waals surface area (Å²) in [6, 6.07) is 13.2. The van der Waals surface area contributed by atoms with Crippen molar-refractivity contribution in [3.63, 3.8) is 0 Å². The molecule has 0 heterocycles. The first-order valence-corrected chi connectivity index (χ1v) is 5.49. The maximum atomic E-state index is 13.4. The summed E-state index contributed by atoms with van der Waals surface area (Å²) in [5.74, 6) is -0.223. The highest BCUT2D eigenvalue weighted by molar-refractivity contribution is 9.10. The zero-order chi connectivity index (χ0) is 10.8. The van der Waals surface area contributed by atoms with Crippen LogP contribution < -0.4 is 0 Å². The minimum Gasteiger partial charge on any atom is -0.206 e. The molecule has 2 heteroatoms. The zero-order valence-electron chi connectivity index (χ0n) is 8.30. The highest BCUT2D eigenvalue weighted by atomic mass is 79.9. The highest BCUT2D eigenvalue weighted by Gasteiger charge is 2.06. The number of halogens is 2. The fourth-order valence-electron chi connectivity index (χ4n) is 1.57. The van der Waals surface area contributed by atoms with Crippen molar-refractivity contribution < 1.29 is 4.39 Å². The van der Waals surface area contributed by atoms with Crippen LogP contribution in [0.25, 0.3) is 11.1 Å². The summed E-state index contributed by atoms with van der Waals surface area (Å²) in [6.07, 6.45) is 0. The Kier molecular flexibility index (Phi) is 2.87. The van der Waals surface area contributed by atoms with Gasteiger partial charge in [-0.05, 0) is 51.7 Å². The second-order valence-corrected chi connectivity index (χ2v) is 4.30. The van der Waals surface area contributed by atoms with E-state index in [2.05, 4.69) is 15.9 Å². The van der Waals surface area contributed by atoms with Crippen molar-refractivity contribution in [3.05, 3.63) is 58.3 Å². The van der Waals surface area contributed by atoms with Gasteiger partial charge in [0, 0.05) is 0 Å². The molecule has 15 heavy (non-hydrogen) atoms. The summed E-state index contributed by atoms with van der Waals surface area (Å²) < 4.78 is 13.9. The molecular weight excluding hydrogens is 255 g/mol. The van der Waals surface area contributed by atoms with Gasteiger partial charge < -0.3 is 0 Å². The van der Waals surface area contributed by atoms with Crippen LogP contribution in [-0.4, -0.2) is 0 Å². The van der Waals surface area contributed by atoms with Crippen LogP contribution in [0.3, 0.4) is 0 Å². The van der Waals surface area contributed by atoms with Gasteiger partial charge in [-0.25, -0.2) is 4.39 Å². The summed E-state index contributed by atoms with van der Waals surface area (Å²) in [5.41, 5.74) is 3.05. The number of hydrogen-bond acceptors (Lipinski definition) is 0. The van der Waals surface area contributed by atoms with Crippen LogP contribution in [0.1, 0.15) is 5.56 Å². The summed E-state index contributed by atoms with van der Waals surface area (Å²) in [7, 11) is 0. The Bertz CT molecular complexity index is 477. The maximum absolute atomic E-state index is 13.4. The molecule has 0 nitrogen and oxygen atoms in total. The molecule has 2 aromatic rings. The van der Waals surface area contributed by atoms with Crippen LogP contribution in [0.15, 0.2) is 46.9 Å². The lowest BCUT2D eigenvalue weighted by Crippen LogP contribution is -1.86. The van der Waals surface area contributed by atoms with Crippen LogP contribution in [0, 0.1) is 12.7 Å². The Morgan fingerprint density at radius 3 is 2.40 bits per heavy atom. The van der Waals surface area contributed by atoms with E-state index in [9.17, 15) is 4.39 Å². The number of aryl methyl sites for hydroxylation is 1. The third-order valence-corrected chi connectivity index (χ3v) is 2.96. The van der Waals surface area contributed by atoms with Crippen molar-refractivity contribution in [3.8, 4) is 11.1 Å². The van der Waals surface area contributed by atoms with E-state index in [1.807, 2.05) is 37.3 Å². The van der Waals surface area contributed by atoms with Crippen molar-refractivity contribution >= 4 is 15.9 Å². The van der Waals surface area contributed by atoms with E-state index in [4.69, 9.17) is 0 Å². The largest absolute Gasteiger partial charge is 0.206 e. The summed E-state index contributed by atoms with van der Waals surface area (Å²) >= 11 is 3.18. The van der Waals surface area contributed by atoms with Gasteiger partial charge in [0.1, 0.15) is 5.82 Å². The summed E-state index contributed by atoms with van der Waals surface area (Å²) in [4.78, 5) is 0. The van der Waals surface area contributed by atoms with E-state index in [0.717, 1.165) is 16.7 Å². The fraction of sp³-hybridized carbons (Fsp3) is 0.0769. The molecule has 0 aliphatic rings. The van der Waals surface area contributed by atoms with Crippen molar-refractivity contribution in [2.45, 2.75) is 6.92 Å². The average Bonchev–Trinajstić information content (AvgIpc) is 2.25. The van der Waals surface area contributed by atoms with Gasteiger partial charge in [-0.1, -0.05) is 30.3 Å². The van der Waals surface area contributed by atoms with Crippen molar-refractivity contribution in [2.24, 2.45) is 0 Å². The van der Waals surface area contributed by atoms with E-state index in [-0.39, 0.29) is 5.82 Å². The van der Waals surface area contributed by atoms with Crippen molar-refractivity contribution in [1.29, 1.82) is 0 Å². The van der Waals surface area contributed by atoms with Gasteiger partial charge in [0.2, 0.25) is 0 Å². The molecular formula is C13H10BrF. The van der Waals surface area contributed by atoms with E-state index in [0.29, 0.717) is 4.47 Å². The molecule has 0 saturated heterocycles. The quantitative estimate of drug-likeness (QED) is 0.708. The predicted molar refractivity (Wildman–Crippen MR) is 64.3 cm³/mol. The molecule has 0 unspecified atom stereocenters. The van der Waals surface area contributed by atoms with Gasteiger partial charge in [0.25, 0.3) is 0 Å². The lowest BCUT2D eigenvalue weighted by molar-refractivity contribution is 0.621. The third kappa shape index (κ3) is 2.10. The lowest BCUT2D eigenvalue weighted by atomic mass is 10.0. The van der Waals surface area contributed by atoms with E-state index in [1.54, 1.807) is 12.1 Å². The minimum atomic E-state index is -0.223. The first-order valence-electron chi connectivity index (χ1n) is 4.69. The highest BCUT2D eigenvalue weighted by Crippen LogP contribution is 2.28. The lowest BCUT2D eigenvalue weighted by Gasteiger charge is -2.07. The molecule has 0 fully saturated rings. The molecule has 0 spiro atoms. The standard InChI is InChI=1S/C13H10BrF/c1-9-7-12(14)13(15)8-11(9)10-5-3-2-4-6-10/h2-8H,1H3. The minimum absolute atomic E-state index is 0.223. The number of rotatable bonds is 1. The molecule has 0 aromatic heterocycles. The third-order valence-electron chi connectivity index (χ3n) is 2.35. The monoisotopic (exact) mass is 264 g/mol. The first-order chi connectivity index (χ1) is 7.18. The van der Waals surface area contributed by atoms with Crippen molar-refractivity contribution in [1.82, 2.24) is 0 Å². The Morgan fingerprint density at radius 2 is 1.73 bits per heavy atom. The fourth-order valence-corrected chi connectivity index (χ4v) is 2.03. The molecule has 0 aliphatic heterocycles. The molecule has 76 valence electrons. The molecule has 0 aliphatic carbocycles. The number of benzene rings is 2. The van der Waals surface area contributed by atoms with Gasteiger partial charge in [-0.2, -0.15) is 0 Å². The second kappa shape index (κ2) is 4.15. The molecule has 2 aromatic carbocycles. The molecule has 2 rings (SSSR count). The van der Waals surface area contributed by atoms with E-state index >= 15 is 0 Å². The Hall–Kier alpha value is -1.15. The molecule has 0 saturated carbocycles. The van der Waals surface area contributed by atoms with Gasteiger partial charge in [0.05, 0.1) is 4.47 Å². The second-order valence-electron chi connectivity index (χ2n) is 3.45. The average molecular weight is 265 g/mol. The first kappa shape index (κ1) is 10.4. The van der Waals surface area contributed by atoms with E-state index in [1.165, 1.54) is 0 Å². The molecule has 0 N–H and O–H groups in total. The van der Waals surface area contributed by atoms with Crippen LogP contribution in [0.2, 0.25) is 0 Å². The van der Waals surface area contributed by atoms with Crippen LogP contribution in [0.4, 0.5) is 4.39 Å². The van der Waals surface area contributed by atoms with Crippen molar-refractivity contribution in [2.75, 3.05) is 0 Å². The van der Waals surface area contributed by atoms with E-state index < -0.39 is 0 Å². The summed E-state index contributed by atoms with van der Waals surface area (Å²) in [5, 5.41) is 0. The number of hydrogen-bond donors (Lipinski definition) is 0. The van der Waals surface area contributed by atoms with Crippen LogP contribution in [-0.2, 0) is 0 Å². The Labute approximate surface area is 96.9 Å². The molecule has 0 bridgehead atoms.